The second kappa shape index (κ2) is 10.4. The molecule has 8 nitrogen and oxygen atoms in total. The van der Waals surface area contributed by atoms with Crippen molar-refractivity contribution in [3.8, 4) is 33.6 Å². The Balaban J connectivity index is 1.51. The largest absolute Gasteiger partial charge is 0.494 e. The number of ether oxygens (including phenoxy) is 3. The fraction of sp³-hybridized carbons (Fsp3) is 0.240. The summed E-state index contributed by atoms with van der Waals surface area (Å²) >= 11 is 1.44. The van der Waals surface area contributed by atoms with Crippen molar-refractivity contribution in [3.05, 3.63) is 65.2 Å². The number of anilines is 1. The van der Waals surface area contributed by atoms with Gasteiger partial charge in [0.25, 0.3) is 0 Å². The van der Waals surface area contributed by atoms with Crippen molar-refractivity contribution in [2.24, 2.45) is 0 Å². The highest BCUT2D eigenvalue weighted by Gasteiger charge is 2.16. The van der Waals surface area contributed by atoms with Crippen molar-refractivity contribution < 1.29 is 19.0 Å². The standard InChI is InChI=1S/C25H26N4O4S/c1-5-33-19-9-6-17(7-10-19)13-24(30)27-23-12-16(2)28-29(23)25-26-20(15-34-25)18-8-11-21(31-3)22(14-18)32-4/h6-12,14-15H,5,13H2,1-4H3,(H,27,30). The van der Waals surface area contributed by atoms with Gasteiger partial charge in [-0.25, -0.2) is 4.98 Å². The van der Waals surface area contributed by atoms with Crippen LogP contribution in [0.25, 0.3) is 16.4 Å². The summed E-state index contributed by atoms with van der Waals surface area (Å²) in [5.41, 5.74) is 3.35. The topological polar surface area (TPSA) is 87.5 Å². The van der Waals surface area contributed by atoms with Crippen molar-refractivity contribution in [2.75, 3.05) is 26.1 Å². The van der Waals surface area contributed by atoms with Crippen molar-refractivity contribution in [1.82, 2.24) is 14.8 Å². The van der Waals surface area contributed by atoms with Gasteiger partial charge in [0.15, 0.2) is 11.5 Å². The predicted octanol–water partition coefficient (Wildman–Crippen LogP) is 4.90. The van der Waals surface area contributed by atoms with Crippen LogP contribution in [0.2, 0.25) is 0 Å². The molecule has 0 fully saturated rings. The van der Waals surface area contributed by atoms with Gasteiger partial charge in [-0.05, 0) is 49.7 Å². The molecule has 0 unspecified atom stereocenters. The quantitative estimate of drug-likeness (QED) is 0.368. The van der Waals surface area contributed by atoms with Crippen molar-refractivity contribution in [3.63, 3.8) is 0 Å². The molecule has 1 amide bonds. The maximum atomic E-state index is 12.7. The van der Waals surface area contributed by atoms with Gasteiger partial charge in [-0.3, -0.25) is 4.79 Å². The van der Waals surface area contributed by atoms with E-state index in [0.717, 1.165) is 28.3 Å². The van der Waals surface area contributed by atoms with Gasteiger partial charge in [-0.1, -0.05) is 12.1 Å². The van der Waals surface area contributed by atoms with E-state index in [1.165, 1.54) is 11.3 Å². The number of nitrogens with one attached hydrogen (secondary N) is 1. The van der Waals surface area contributed by atoms with Crippen LogP contribution >= 0.6 is 11.3 Å². The Morgan fingerprint density at radius 3 is 2.53 bits per heavy atom. The molecule has 0 saturated heterocycles. The summed E-state index contributed by atoms with van der Waals surface area (Å²) in [5, 5.41) is 10.1. The third-order valence-electron chi connectivity index (χ3n) is 5.05. The summed E-state index contributed by atoms with van der Waals surface area (Å²) in [6, 6.07) is 15.0. The molecule has 2 heterocycles. The zero-order chi connectivity index (χ0) is 24.1. The third-order valence-corrected chi connectivity index (χ3v) is 5.87. The van der Waals surface area contributed by atoms with Crippen LogP contribution in [0.4, 0.5) is 5.82 Å². The number of hydrogen-bond acceptors (Lipinski definition) is 7. The van der Waals surface area contributed by atoms with Gasteiger partial charge in [0.1, 0.15) is 11.6 Å². The zero-order valence-corrected chi connectivity index (χ0v) is 20.3. The Labute approximate surface area is 202 Å². The lowest BCUT2D eigenvalue weighted by Crippen LogP contribution is -2.17. The minimum atomic E-state index is -0.137. The minimum absolute atomic E-state index is 0.137. The average molecular weight is 479 g/mol. The number of thiazole rings is 1. The van der Waals surface area contributed by atoms with Crippen LogP contribution in [-0.4, -0.2) is 41.5 Å². The smallest absolute Gasteiger partial charge is 0.229 e. The fourth-order valence-corrected chi connectivity index (χ4v) is 4.26. The number of methoxy groups -OCH3 is 2. The van der Waals surface area contributed by atoms with Crippen LogP contribution in [0.1, 0.15) is 18.2 Å². The average Bonchev–Trinajstić information content (AvgIpc) is 3.46. The Morgan fingerprint density at radius 2 is 1.82 bits per heavy atom. The number of amides is 1. The summed E-state index contributed by atoms with van der Waals surface area (Å²) in [6.07, 6.45) is 0.241. The SMILES string of the molecule is CCOc1ccc(CC(=O)Nc2cc(C)nn2-c2nc(-c3ccc(OC)c(OC)c3)cs2)cc1. The molecular weight excluding hydrogens is 452 g/mol. The number of aromatic nitrogens is 3. The Bertz CT molecular complexity index is 1280. The Morgan fingerprint density at radius 1 is 1.06 bits per heavy atom. The molecule has 0 radical (unpaired) electrons. The molecule has 4 rings (SSSR count). The molecule has 0 aliphatic carbocycles. The van der Waals surface area contributed by atoms with Gasteiger partial charge in [-0.2, -0.15) is 9.78 Å². The first kappa shape index (κ1) is 23.3. The Kier molecular flexibility index (Phi) is 7.12. The number of carbonyl (C=O) groups is 1. The molecule has 2 aromatic heterocycles. The first-order chi connectivity index (χ1) is 16.5. The number of aryl methyl sites for hydroxylation is 1. The van der Waals surface area contributed by atoms with E-state index in [9.17, 15) is 4.79 Å². The van der Waals surface area contributed by atoms with Crippen molar-refractivity contribution in [1.29, 1.82) is 0 Å². The van der Waals surface area contributed by atoms with Crippen LogP contribution in [-0.2, 0) is 11.2 Å². The molecule has 0 atom stereocenters. The zero-order valence-electron chi connectivity index (χ0n) is 19.5. The van der Waals surface area contributed by atoms with Crippen LogP contribution in [0.5, 0.6) is 17.2 Å². The summed E-state index contributed by atoms with van der Waals surface area (Å²) in [5.74, 6) is 2.51. The molecule has 0 saturated carbocycles. The van der Waals surface area contributed by atoms with E-state index in [4.69, 9.17) is 19.2 Å². The van der Waals surface area contributed by atoms with E-state index in [2.05, 4.69) is 10.4 Å². The third kappa shape index (κ3) is 5.20. The van der Waals surface area contributed by atoms with E-state index >= 15 is 0 Å². The van der Waals surface area contributed by atoms with E-state index in [0.29, 0.717) is 29.1 Å². The van der Waals surface area contributed by atoms with Crippen molar-refractivity contribution in [2.45, 2.75) is 20.3 Å². The second-order valence-corrected chi connectivity index (χ2v) is 8.31. The van der Waals surface area contributed by atoms with Crippen LogP contribution in [0.15, 0.2) is 53.9 Å². The van der Waals surface area contributed by atoms with Gasteiger partial charge in [0.2, 0.25) is 11.0 Å². The normalized spacial score (nSPS) is 10.7. The molecule has 1 N–H and O–H groups in total. The monoisotopic (exact) mass is 478 g/mol. The van der Waals surface area contributed by atoms with E-state index in [-0.39, 0.29) is 12.3 Å². The molecule has 4 aromatic rings. The highest BCUT2D eigenvalue weighted by atomic mass is 32.1. The first-order valence-corrected chi connectivity index (χ1v) is 11.6. The van der Waals surface area contributed by atoms with Gasteiger partial charge >= 0.3 is 0 Å². The van der Waals surface area contributed by atoms with E-state index < -0.39 is 0 Å². The summed E-state index contributed by atoms with van der Waals surface area (Å²) in [4.78, 5) is 17.4. The molecule has 0 aliphatic rings. The number of hydrogen-bond donors (Lipinski definition) is 1. The molecule has 0 aliphatic heterocycles. The molecule has 0 spiro atoms. The fourth-order valence-electron chi connectivity index (χ4n) is 3.47. The maximum Gasteiger partial charge on any atom is 0.229 e. The molecule has 176 valence electrons. The summed E-state index contributed by atoms with van der Waals surface area (Å²) in [6.45, 7) is 4.42. The van der Waals surface area contributed by atoms with Crippen LogP contribution < -0.4 is 19.5 Å². The number of rotatable bonds is 9. The molecule has 2 aromatic carbocycles. The van der Waals surface area contributed by atoms with Gasteiger partial charge in [-0.15, -0.1) is 11.3 Å². The lowest BCUT2D eigenvalue weighted by atomic mass is 10.1. The minimum Gasteiger partial charge on any atom is -0.494 e. The highest BCUT2D eigenvalue weighted by Crippen LogP contribution is 2.33. The highest BCUT2D eigenvalue weighted by molar-refractivity contribution is 7.12. The van der Waals surface area contributed by atoms with E-state index in [1.54, 1.807) is 18.9 Å². The van der Waals surface area contributed by atoms with Gasteiger partial charge < -0.3 is 19.5 Å². The molecule has 9 heteroatoms. The molecule has 0 bridgehead atoms. The molecular formula is C25H26N4O4S. The number of benzene rings is 2. The number of nitrogens with zero attached hydrogens (tertiary/aromatic N) is 3. The predicted molar refractivity (Wildman–Crippen MR) is 132 cm³/mol. The lowest BCUT2D eigenvalue weighted by molar-refractivity contribution is -0.115. The second-order valence-electron chi connectivity index (χ2n) is 7.47. The summed E-state index contributed by atoms with van der Waals surface area (Å²) in [7, 11) is 3.20. The van der Waals surface area contributed by atoms with Crippen LogP contribution in [0.3, 0.4) is 0 Å². The summed E-state index contributed by atoms with van der Waals surface area (Å²) < 4.78 is 17.8. The van der Waals surface area contributed by atoms with Gasteiger partial charge in [0.05, 0.1) is 38.6 Å². The number of carbonyl (C=O) groups excluding carboxylic acids is 1. The maximum absolute atomic E-state index is 12.7. The van der Waals surface area contributed by atoms with Crippen LogP contribution in [0, 0.1) is 6.92 Å². The Hall–Kier alpha value is -3.85. The lowest BCUT2D eigenvalue weighted by Gasteiger charge is -2.08. The van der Waals surface area contributed by atoms with E-state index in [1.807, 2.05) is 67.8 Å². The first-order valence-electron chi connectivity index (χ1n) is 10.8. The van der Waals surface area contributed by atoms with Gasteiger partial charge in [0, 0.05) is 17.0 Å². The molecule has 34 heavy (non-hydrogen) atoms. The van der Waals surface area contributed by atoms with Crippen molar-refractivity contribution >= 4 is 23.1 Å².